The second kappa shape index (κ2) is 6.02. The molecule has 0 saturated heterocycles. The number of nitrogens with zero attached hydrogens (tertiary/aromatic N) is 1. The highest BCUT2D eigenvalue weighted by Gasteiger charge is 2.27. The molecule has 21 heavy (non-hydrogen) atoms. The van der Waals surface area contributed by atoms with E-state index < -0.39 is 20.6 Å². The summed E-state index contributed by atoms with van der Waals surface area (Å²) in [7, 11) is -3.95. The molecule has 0 aromatic heterocycles. The average molecular weight is 306 g/mol. The summed E-state index contributed by atoms with van der Waals surface area (Å²) in [5, 5.41) is 11.1. The zero-order chi connectivity index (χ0) is 15.5. The Morgan fingerprint density at radius 3 is 2.38 bits per heavy atom. The molecule has 0 amide bonds. The van der Waals surface area contributed by atoms with E-state index in [0.29, 0.717) is 5.56 Å². The Bertz CT molecular complexity index is 758. The number of hydrogen-bond donors (Lipinski definition) is 1. The van der Waals surface area contributed by atoms with Crippen molar-refractivity contribution in [1.29, 1.82) is 0 Å². The Balaban J connectivity index is 2.32. The molecule has 0 heterocycles. The predicted octanol–water partition coefficient (Wildman–Crippen LogP) is 2.38. The summed E-state index contributed by atoms with van der Waals surface area (Å²) < 4.78 is 26.9. The number of benzene rings is 2. The summed E-state index contributed by atoms with van der Waals surface area (Å²) >= 11 is 0. The van der Waals surface area contributed by atoms with Crippen LogP contribution < -0.4 is 4.72 Å². The van der Waals surface area contributed by atoms with Crippen LogP contribution in [-0.4, -0.2) is 13.3 Å². The molecule has 2 aromatic carbocycles. The van der Waals surface area contributed by atoms with Gasteiger partial charge >= 0.3 is 0 Å². The maximum Gasteiger partial charge on any atom is 0.292 e. The van der Waals surface area contributed by atoms with Crippen LogP contribution in [0.2, 0.25) is 0 Å². The van der Waals surface area contributed by atoms with Gasteiger partial charge in [0.25, 0.3) is 5.69 Å². The van der Waals surface area contributed by atoms with Gasteiger partial charge in [-0.1, -0.05) is 42.5 Å². The van der Waals surface area contributed by atoms with Crippen molar-refractivity contribution in [3.8, 4) is 0 Å². The largest absolute Gasteiger partial charge is 0.292 e. The highest BCUT2D eigenvalue weighted by atomic mass is 32.2. The number of rotatable bonds is 5. The summed E-state index contributed by atoms with van der Waals surface area (Å²) in [5.74, 6) is 0. The van der Waals surface area contributed by atoms with Gasteiger partial charge in [-0.3, -0.25) is 10.1 Å². The maximum atomic E-state index is 12.3. The Morgan fingerprint density at radius 1 is 1.10 bits per heavy atom. The van der Waals surface area contributed by atoms with Crippen molar-refractivity contribution in [1.82, 2.24) is 4.72 Å². The maximum absolute atomic E-state index is 12.3. The van der Waals surface area contributed by atoms with E-state index in [4.69, 9.17) is 0 Å². The fraction of sp³-hybridized carbons (Fsp3) is 0.143. The first kappa shape index (κ1) is 15.1. The molecule has 2 aromatic rings. The molecule has 0 aliphatic carbocycles. The highest BCUT2D eigenvalue weighted by molar-refractivity contribution is 7.89. The minimum atomic E-state index is -3.95. The third-order valence-electron chi connectivity index (χ3n) is 2.98. The standard InChI is InChI=1S/C14H14N2O4S/c1-11-6-5-9-13(14(11)16(17)18)21(19,20)15-10-12-7-3-2-4-8-12/h2-9,15H,10H2,1H3. The molecule has 0 fully saturated rings. The smallest absolute Gasteiger partial charge is 0.258 e. The van der Waals surface area contributed by atoms with Crippen molar-refractivity contribution >= 4 is 15.7 Å². The van der Waals surface area contributed by atoms with Crippen LogP contribution in [0.15, 0.2) is 53.4 Å². The van der Waals surface area contributed by atoms with Crippen molar-refractivity contribution in [3.05, 3.63) is 69.8 Å². The first-order valence-electron chi connectivity index (χ1n) is 6.19. The third kappa shape index (κ3) is 3.45. The van der Waals surface area contributed by atoms with Crippen molar-refractivity contribution in [2.24, 2.45) is 0 Å². The van der Waals surface area contributed by atoms with Gasteiger partial charge in [-0.25, -0.2) is 13.1 Å². The minimum Gasteiger partial charge on any atom is -0.258 e. The zero-order valence-corrected chi connectivity index (χ0v) is 12.1. The van der Waals surface area contributed by atoms with E-state index in [9.17, 15) is 18.5 Å². The van der Waals surface area contributed by atoms with Crippen LogP contribution in [0.5, 0.6) is 0 Å². The first-order valence-corrected chi connectivity index (χ1v) is 7.68. The van der Waals surface area contributed by atoms with Crippen molar-refractivity contribution < 1.29 is 13.3 Å². The molecule has 0 aliphatic rings. The second-order valence-corrected chi connectivity index (χ2v) is 6.22. The molecular formula is C14H14N2O4S. The SMILES string of the molecule is Cc1cccc(S(=O)(=O)NCc2ccccc2)c1[N+](=O)[O-]. The predicted molar refractivity (Wildman–Crippen MR) is 78.3 cm³/mol. The Kier molecular flexibility index (Phi) is 4.35. The van der Waals surface area contributed by atoms with Gasteiger partial charge < -0.3 is 0 Å². The van der Waals surface area contributed by atoms with Gasteiger partial charge in [-0.05, 0) is 18.6 Å². The van der Waals surface area contributed by atoms with Crippen molar-refractivity contribution in [2.45, 2.75) is 18.4 Å². The lowest BCUT2D eigenvalue weighted by Crippen LogP contribution is -2.24. The van der Waals surface area contributed by atoms with Crippen molar-refractivity contribution in [3.63, 3.8) is 0 Å². The van der Waals surface area contributed by atoms with E-state index in [-0.39, 0.29) is 11.4 Å². The topological polar surface area (TPSA) is 89.3 Å². The molecule has 1 N–H and O–H groups in total. The number of para-hydroxylation sites is 1. The molecule has 0 unspecified atom stereocenters. The number of hydrogen-bond acceptors (Lipinski definition) is 4. The molecule has 0 bridgehead atoms. The summed E-state index contributed by atoms with van der Waals surface area (Å²) in [5.41, 5.74) is 0.692. The lowest BCUT2D eigenvalue weighted by molar-refractivity contribution is -0.388. The van der Waals surface area contributed by atoms with Gasteiger partial charge in [0, 0.05) is 12.1 Å². The van der Waals surface area contributed by atoms with Gasteiger partial charge in [0.15, 0.2) is 4.90 Å². The highest BCUT2D eigenvalue weighted by Crippen LogP contribution is 2.27. The minimum absolute atomic E-state index is 0.0776. The van der Waals surface area contributed by atoms with Crippen LogP contribution in [0.25, 0.3) is 0 Å². The molecule has 0 atom stereocenters. The number of sulfonamides is 1. The molecule has 6 nitrogen and oxygen atoms in total. The zero-order valence-electron chi connectivity index (χ0n) is 11.3. The lowest BCUT2D eigenvalue weighted by atomic mass is 10.2. The molecule has 0 radical (unpaired) electrons. The van der Waals surface area contributed by atoms with Crippen LogP contribution in [0.1, 0.15) is 11.1 Å². The summed E-state index contributed by atoms with van der Waals surface area (Å²) in [4.78, 5) is 10.1. The quantitative estimate of drug-likeness (QED) is 0.678. The van der Waals surface area contributed by atoms with E-state index in [1.165, 1.54) is 25.1 Å². The summed E-state index contributed by atoms with van der Waals surface area (Å²) in [6.45, 7) is 1.59. The van der Waals surface area contributed by atoms with Crippen LogP contribution >= 0.6 is 0 Å². The monoisotopic (exact) mass is 306 g/mol. The fourth-order valence-electron chi connectivity index (χ4n) is 1.93. The summed E-state index contributed by atoms with van der Waals surface area (Å²) in [6.07, 6.45) is 0. The van der Waals surface area contributed by atoms with Crippen molar-refractivity contribution in [2.75, 3.05) is 0 Å². The fourth-order valence-corrected chi connectivity index (χ4v) is 3.19. The number of nitrogens with one attached hydrogen (secondary N) is 1. The lowest BCUT2D eigenvalue weighted by Gasteiger charge is -2.08. The molecule has 0 spiro atoms. The number of nitro groups is 1. The van der Waals surface area contributed by atoms with Gasteiger partial charge in [0.1, 0.15) is 0 Å². The van der Waals surface area contributed by atoms with Crippen LogP contribution in [0.3, 0.4) is 0 Å². The van der Waals surface area contributed by atoms with Crippen LogP contribution in [-0.2, 0) is 16.6 Å². The van der Waals surface area contributed by atoms with E-state index in [2.05, 4.69) is 4.72 Å². The number of nitro benzene ring substituents is 1. The van der Waals surface area contributed by atoms with Crippen LogP contribution in [0.4, 0.5) is 5.69 Å². The van der Waals surface area contributed by atoms with Gasteiger partial charge in [0.2, 0.25) is 10.0 Å². The molecule has 2 rings (SSSR count). The van der Waals surface area contributed by atoms with E-state index >= 15 is 0 Å². The number of aryl methyl sites for hydroxylation is 1. The molecular weight excluding hydrogens is 292 g/mol. The van der Waals surface area contributed by atoms with E-state index in [1.54, 1.807) is 24.3 Å². The van der Waals surface area contributed by atoms with Gasteiger partial charge in [0.05, 0.1) is 4.92 Å². The van der Waals surface area contributed by atoms with E-state index in [1.807, 2.05) is 6.07 Å². The molecule has 7 heteroatoms. The van der Waals surface area contributed by atoms with Crippen LogP contribution in [0, 0.1) is 17.0 Å². The third-order valence-corrected chi connectivity index (χ3v) is 4.41. The Morgan fingerprint density at radius 2 is 1.76 bits per heavy atom. The van der Waals surface area contributed by atoms with E-state index in [0.717, 1.165) is 5.56 Å². The second-order valence-electron chi connectivity index (χ2n) is 4.49. The molecule has 0 aliphatic heterocycles. The van der Waals surface area contributed by atoms with Gasteiger partial charge in [-0.2, -0.15) is 0 Å². The molecule has 110 valence electrons. The first-order chi connectivity index (χ1) is 9.92. The Labute approximate surface area is 122 Å². The molecule has 0 saturated carbocycles. The normalized spacial score (nSPS) is 11.3. The van der Waals surface area contributed by atoms with Gasteiger partial charge in [-0.15, -0.1) is 0 Å². The average Bonchev–Trinajstić information content (AvgIpc) is 2.46. The summed E-state index contributed by atoms with van der Waals surface area (Å²) in [6, 6.07) is 13.2. The Hall–Kier alpha value is -2.25.